The molecule has 4 nitrogen and oxygen atoms in total. The van der Waals surface area contributed by atoms with E-state index in [2.05, 4.69) is 29.2 Å². The third kappa shape index (κ3) is 2.76. The highest BCUT2D eigenvalue weighted by Gasteiger charge is 2.53. The quantitative estimate of drug-likeness (QED) is 0.841. The number of likely N-dealkylation sites (tertiary alicyclic amines) is 1. The predicted molar refractivity (Wildman–Crippen MR) is 112 cm³/mol. The molecule has 2 fully saturated rings. The Balaban J connectivity index is 1.26. The molecule has 3 atom stereocenters. The van der Waals surface area contributed by atoms with Gasteiger partial charge in [0, 0.05) is 18.0 Å². The molecular formula is C25H29NO3. The van der Waals surface area contributed by atoms with Gasteiger partial charge in [-0.05, 0) is 85.5 Å². The number of hydrogen-bond acceptors (Lipinski definition) is 4. The first-order valence-corrected chi connectivity index (χ1v) is 11.2. The van der Waals surface area contributed by atoms with Crippen molar-refractivity contribution in [3.63, 3.8) is 0 Å². The molecule has 2 heterocycles. The molecule has 1 saturated carbocycles. The lowest BCUT2D eigenvalue weighted by Gasteiger charge is -2.59. The van der Waals surface area contributed by atoms with Gasteiger partial charge >= 0.3 is 0 Å². The van der Waals surface area contributed by atoms with Gasteiger partial charge in [-0.2, -0.15) is 0 Å². The first-order valence-electron chi connectivity index (χ1n) is 11.2. The van der Waals surface area contributed by atoms with Crippen LogP contribution in [-0.4, -0.2) is 35.9 Å². The van der Waals surface area contributed by atoms with Crippen LogP contribution < -0.4 is 9.47 Å². The minimum atomic E-state index is 0.296. The van der Waals surface area contributed by atoms with E-state index >= 15 is 0 Å². The minimum Gasteiger partial charge on any atom is -0.508 e. The summed E-state index contributed by atoms with van der Waals surface area (Å²) in [5.41, 5.74) is 4.56. The number of fused-ring (bicyclic) bond motifs is 2. The highest BCUT2D eigenvalue weighted by atomic mass is 16.7. The molecule has 2 aromatic carbocycles. The van der Waals surface area contributed by atoms with Crippen molar-refractivity contribution >= 4 is 0 Å². The van der Waals surface area contributed by atoms with Crippen molar-refractivity contribution in [2.75, 3.05) is 19.9 Å². The first kappa shape index (κ1) is 17.6. The molecule has 1 saturated heterocycles. The second kappa shape index (κ2) is 6.66. The number of piperidine rings is 1. The smallest absolute Gasteiger partial charge is 0.231 e. The van der Waals surface area contributed by atoms with Crippen LogP contribution in [0.15, 0.2) is 36.4 Å². The second-order valence-electron chi connectivity index (χ2n) is 9.34. The number of benzene rings is 2. The Morgan fingerprint density at radius 1 is 1.03 bits per heavy atom. The summed E-state index contributed by atoms with van der Waals surface area (Å²) in [6, 6.07) is 13.2. The first-order chi connectivity index (χ1) is 14.2. The second-order valence-corrected chi connectivity index (χ2v) is 9.34. The van der Waals surface area contributed by atoms with E-state index in [1.807, 2.05) is 12.1 Å². The summed E-state index contributed by atoms with van der Waals surface area (Å²) in [6.07, 6.45) is 8.72. The predicted octanol–water partition coefficient (Wildman–Crippen LogP) is 4.42. The van der Waals surface area contributed by atoms with E-state index in [4.69, 9.17) is 9.47 Å². The Labute approximate surface area is 172 Å². The van der Waals surface area contributed by atoms with Crippen molar-refractivity contribution in [2.45, 2.75) is 56.4 Å². The van der Waals surface area contributed by atoms with Crippen molar-refractivity contribution in [3.8, 4) is 17.2 Å². The molecule has 0 aromatic heterocycles. The molecule has 2 aliphatic heterocycles. The van der Waals surface area contributed by atoms with Gasteiger partial charge in [-0.15, -0.1) is 0 Å². The lowest BCUT2D eigenvalue weighted by molar-refractivity contribution is -0.0106. The number of hydrogen-bond donors (Lipinski definition) is 1. The van der Waals surface area contributed by atoms with Gasteiger partial charge in [0.25, 0.3) is 0 Å². The third-order valence-corrected chi connectivity index (χ3v) is 8.06. The zero-order valence-corrected chi connectivity index (χ0v) is 16.9. The Morgan fingerprint density at radius 3 is 2.93 bits per heavy atom. The Kier molecular flexibility index (Phi) is 4.05. The molecule has 2 aliphatic carbocycles. The molecule has 4 aliphatic rings. The van der Waals surface area contributed by atoms with Gasteiger partial charge in [-0.1, -0.05) is 25.0 Å². The normalized spacial score (nSPS) is 29.9. The average molecular weight is 392 g/mol. The number of rotatable bonds is 3. The van der Waals surface area contributed by atoms with Gasteiger partial charge in [-0.25, -0.2) is 0 Å². The van der Waals surface area contributed by atoms with Crippen molar-refractivity contribution in [1.82, 2.24) is 4.90 Å². The van der Waals surface area contributed by atoms with Crippen molar-refractivity contribution in [1.29, 1.82) is 0 Å². The van der Waals surface area contributed by atoms with Gasteiger partial charge in [-0.3, -0.25) is 4.90 Å². The monoisotopic (exact) mass is 391 g/mol. The fraction of sp³-hybridized carbons (Fsp3) is 0.520. The summed E-state index contributed by atoms with van der Waals surface area (Å²) < 4.78 is 11.0. The van der Waals surface area contributed by atoms with Crippen LogP contribution >= 0.6 is 0 Å². The van der Waals surface area contributed by atoms with Crippen LogP contribution in [0, 0.1) is 5.92 Å². The molecule has 152 valence electrons. The largest absolute Gasteiger partial charge is 0.508 e. The van der Waals surface area contributed by atoms with Crippen molar-refractivity contribution in [3.05, 3.63) is 53.1 Å². The van der Waals surface area contributed by atoms with Crippen LogP contribution in [0.5, 0.6) is 17.2 Å². The maximum absolute atomic E-state index is 10.2. The van der Waals surface area contributed by atoms with Gasteiger partial charge in [0.1, 0.15) is 5.75 Å². The third-order valence-electron chi connectivity index (χ3n) is 8.06. The molecule has 29 heavy (non-hydrogen) atoms. The number of phenols is 1. The van der Waals surface area contributed by atoms with Crippen LogP contribution in [0.25, 0.3) is 0 Å². The SMILES string of the molecule is Oc1ccc2c(c1)[C@]13CCCC[C@H]1[C@H](C2)N(CCc1ccc2c(c1)OCO2)CC3. The molecular weight excluding hydrogens is 362 g/mol. The summed E-state index contributed by atoms with van der Waals surface area (Å²) >= 11 is 0. The van der Waals surface area contributed by atoms with E-state index < -0.39 is 0 Å². The molecule has 2 aromatic rings. The van der Waals surface area contributed by atoms with Gasteiger partial charge in [0.15, 0.2) is 11.5 Å². The highest BCUT2D eigenvalue weighted by Crippen LogP contribution is 2.56. The highest BCUT2D eigenvalue weighted by molar-refractivity contribution is 5.46. The van der Waals surface area contributed by atoms with Crippen LogP contribution in [0.4, 0.5) is 0 Å². The zero-order chi connectivity index (χ0) is 19.4. The van der Waals surface area contributed by atoms with E-state index in [9.17, 15) is 5.11 Å². The molecule has 6 rings (SSSR count). The van der Waals surface area contributed by atoms with E-state index in [0.29, 0.717) is 24.0 Å². The van der Waals surface area contributed by atoms with E-state index in [0.717, 1.165) is 36.8 Å². The van der Waals surface area contributed by atoms with Crippen molar-refractivity contribution in [2.24, 2.45) is 5.92 Å². The summed E-state index contributed by atoms with van der Waals surface area (Å²) in [4.78, 5) is 2.76. The molecule has 0 spiro atoms. The molecule has 1 N–H and O–H groups in total. The van der Waals surface area contributed by atoms with E-state index in [-0.39, 0.29) is 0 Å². The van der Waals surface area contributed by atoms with Crippen LogP contribution in [0.3, 0.4) is 0 Å². The molecule has 0 amide bonds. The van der Waals surface area contributed by atoms with E-state index in [1.54, 1.807) is 0 Å². The molecule has 0 unspecified atom stereocenters. The summed E-state index contributed by atoms with van der Waals surface area (Å²) in [6.45, 7) is 2.61. The standard InChI is InChI=1S/C25H29NO3/c27-19-6-5-18-14-22-20-3-1-2-9-25(20,21(18)15-19)10-12-26(22)11-8-17-4-7-23-24(13-17)29-16-28-23/h4-7,13,15,20,22,27H,1-3,8-12,14,16H2/t20-,22-,25-/m0/s1. The zero-order valence-electron chi connectivity index (χ0n) is 16.9. The number of nitrogens with zero attached hydrogens (tertiary/aromatic N) is 1. The maximum atomic E-state index is 10.2. The Hall–Kier alpha value is -2.20. The molecule has 0 radical (unpaired) electrons. The Morgan fingerprint density at radius 2 is 1.97 bits per heavy atom. The number of ether oxygens (including phenoxy) is 2. The average Bonchev–Trinajstić information content (AvgIpc) is 3.21. The van der Waals surface area contributed by atoms with Gasteiger partial charge < -0.3 is 14.6 Å². The fourth-order valence-electron chi connectivity index (χ4n) is 6.72. The van der Waals surface area contributed by atoms with Gasteiger partial charge in [0.05, 0.1) is 0 Å². The lowest BCUT2D eigenvalue weighted by atomic mass is 9.52. The maximum Gasteiger partial charge on any atom is 0.231 e. The van der Waals surface area contributed by atoms with Crippen LogP contribution in [-0.2, 0) is 18.3 Å². The summed E-state index contributed by atoms with van der Waals surface area (Å²) in [7, 11) is 0. The van der Waals surface area contributed by atoms with Crippen molar-refractivity contribution < 1.29 is 14.6 Å². The minimum absolute atomic E-state index is 0.296. The Bertz CT molecular complexity index is 942. The van der Waals surface area contributed by atoms with Gasteiger partial charge in [0.2, 0.25) is 6.79 Å². The fourth-order valence-corrected chi connectivity index (χ4v) is 6.72. The van der Waals surface area contributed by atoms with Crippen LogP contribution in [0.1, 0.15) is 48.8 Å². The molecule has 4 heteroatoms. The summed E-state index contributed by atoms with van der Waals surface area (Å²) in [5.74, 6) is 2.92. The number of phenolic OH excluding ortho intramolecular Hbond substituents is 1. The topological polar surface area (TPSA) is 41.9 Å². The number of aromatic hydroxyl groups is 1. The van der Waals surface area contributed by atoms with Crippen LogP contribution in [0.2, 0.25) is 0 Å². The summed E-state index contributed by atoms with van der Waals surface area (Å²) in [5, 5.41) is 10.2. The lowest BCUT2D eigenvalue weighted by Crippen LogP contribution is -2.61. The van der Waals surface area contributed by atoms with E-state index in [1.165, 1.54) is 55.3 Å². The molecule has 2 bridgehead atoms.